The van der Waals surface area contributed by atoms with Gasteiger partial charge in [-0.2, -0.15) is 13.2 Å². The molecule has 5 nitrogen and oxygen atoms in total. The third-order valence-corrected chi connectivity index (χ3v) is 6.18. The number of carbonyl (C=O) groups is 1. The molecule has 0 radical (unpaired) electrons. The fourth-order valence-electron chi connectivity index (χ4n) is 4.23. The molecule has 0 fully saturated rings. The molecule has 0 aliphatic rings. The quantitative estimate of drug-likeness (QED) is 0.317. The molecule has 0 aliphatic heterocycles. The van der Waals surface area contributed by atoms with Crippen LogP contribution in [0.15, 0.2) is 77.6 Å². The van der Waals surface area contributed by atoms with Crippen LogP contribution in [0.1, 0.15) is 32.6 Å². The van der Waals surface area contributed by atoms with Crippen LogP contribution < -0.4 is 11.3 Å². The van der Waals surface area contributed by atoms with E-state index in [1.807, 2.05) is 32.0 Å². The molecule has 37 heavy (non-hydrogen) atoms. The molecule has 0 saturated heterocycles. The fraction of sp³-hybridized carbons (Fsp3) is 0.138. The van der Waals surface area contributed by atoms with Gasteiger partial charge in [0, 0.05) is 11.3 Å². The molecule has 0 saturated carbocycles. The number of halogens is 3. The van der Waals surface area contributed by atoms with Crippen LogP contribution in [0, 0.1) is 20.4 Å². The lowest BCUT2D eigenvalue weighted by Crippen LogP contribution is -2.25. The van der Waals surface area contributed by atoms with E-state index in [1.54, 1.807) is 48.5 Å². The van der Waals surface area contributed by atoms with Crippen LogP contribution in [-0.2, 0) is 12.7 Å². The lowest BCUT2D eigenvalue weighted by Gasteiger charge is -2.19. The van der Waals surface area contributed by atoms with Crippen molar-refractivity contribution in [2.75, 3.05) is 0 Å². The number of benzene rings is 3. The van der Waals surface area contributed by atoms with Crippen LogP contribution in [0.5, 0.6) is 0 Å². The van der Waals surface area contributed by atoms with Crippen molar-refractivity contribution >= 4 is 11.6 Å². The van der Waals surface area contributed by atoms with Gasteiger partial charge < -0.3 is 10.3 Å². The Bertz CT molecular complexity index is 1610. The van der Waals surface area contributed by atoms with Gasteiger partial charge in [-0.15, -0.1) is 0 Å². The van der Waals surface area contributed by atoms with Gasteiger partial charge in [-0.3, -0.25) is 9.59 Å². The molecule has 0 unspecified atom stereocenters. The summed E-state index contributed by atoms with van der Waals surface area (Å²) in [4.78, 5) is 27.7. The third kappa shape index (κ3) is 5.16. The summed E-state index contributed by atoms with van der Waals surface area (Å²) in [6.07, 6.45) is -4.88. The Balaban J connectivity index is 1.94. The summed E-state index contributed by atoms with van der Waals surface area (Å²) in [5.74, 6) is -0.574. The maximum absolute atomic E-state index is 13.9. The molecule has 0 spiro atoms. The smallest absolute Gasteiger partial charge is 0.366 e. The van der Waals surface area contributed by atoms with Gasteiger partial charge in [0.2, 0.25) is 5.91 Å². The average Bonchev–Trinajstić information content (AvgIpc) is 2.85. The van der Waals surface area contributed by atoms with Crippen molar-refractivity contribution in [2.24, 2.45) is 5.73 Å². The molecule has 8 heteroatoms. The second kappa shape index (κ2) is 9.78. The monoisotopic (exact) mass is 501 g/mol. The number of nitrogens with zero attached hydrogens (tertiary/aromatic N) is 2. The fourth-order valence-corrected chi connectivity index (χ4v) is 4.23. The van der Waals surface area contributed by atoms with Crippen molar-refractivity contribution in [2.45, 2.75) is 26.6 Å². The highest BCUT2D eigenvalue weighted by atomic mass is 19.4. The van der Waals surface area contributed by atoms with Crippen LogP contribution in [0.3, 0.4) is 0 Å². The lowest BCUT2D eigenvalue weighted by atomic mass is 9.98. The summed E-state index contributed by atoms with van der Waals surface area (Å²) in [5, 5.41) is 0. The first-order chi connectivity index (χ1) is 17.5. The highest BCUT2D eigenvalue weighted by Gasteiger charge is 2.36. The summed E-state index contributed by atoms with van der Waals surface area (Å²) >= 11 is 0. The van der Waals surface area contributed by atoms with Crippen LogP contribution in [0.2, 0.25) is 0 Å². The predicted molar refractivity (Wildman–Crippen MR) is 136 cm³/mol. The third-order valence-electron chi connectivity index (χ3n) is 6.18. The van der Waals surface area contributed by atoms with Crippen LogP contribution in [0.25, 0.3) is 27.2 Å². The highest BCUT2D eigenvalue weighted by molar-refractivity contribution is 5.93. The number of alkyl halides is 3. The topological polar surface area (TPSA) is 69.5 Å². The number of pyridine rings is 1. The van der Waals surface area contributed by atoms with Gasteiger partial charge >= 0.3 is 6.18 Å². The zero-order valence-corrected chi connectivity index (χ0v) is 20.1. The molecule has 186 valence electrons. The van der Waals surface area contributed by atoms with Crippen molar-refractivity contribution in [3.63, 3.8) is 0 Å². The van der Waals surface area contributed by atoms with Gasteiger partial charge in [-0.25, -0.2) is 4.85 Å². The Kier molecular flexibility index (Phi) is 6.73. The second-order valence-corrected chi connectivity index (χ2v) is 8.75. The van der Waals surface area contributed by atoms with Gasteiger partial charge in [0.05, 0.1) is 18.7 Å². The summed E-state index contributed by atoms with van der Waals surface area (Å²) in [6.45, 7) is 11.1. The predicted octanol–water partition coefficient (Wildman–Crippen LogP) is 6.52. The first-order valence-corrected chi connectivity index (χ1v) is 11.3. The summed E-state index contributed by atoms with van der Waals surface area (Å²) < 4.78 is 42.9. The number of hydrogen-bond donors (Lipinski definition) is 1. The molecule has 4 rings (SSSR count). The molecule has 1 amide bonds. The second-order valence-electron chi connectivity index (χ2n) is 8.75. The van der Waals surface area contributed by atoms with Gasteiger partial charge in [-0.05, 0) is 65.9 Å². The van der Waals surface area contributed by atoms with E-state index < -0.39 is 28.9 Å². The Labute approximate surface area is 211 Å². The molecular weight excluding hydrogens is 479 g/mol. The first kappa shape index (κ1) is 25.5. The Hall–Kier alpha value is -4.64. The highest BCUT2D eigenvalue weighted by Crippen LogP contribution is 2.38. The Morgan fingerprint density at radius 1 is 0.946 bits per heavy atom. The minimum absolute atomic E-state index is 0.00151. The van der Waals surface area contributed by atoms with Gasteiger partial charge in [0.15, 0.2) is 0 Å². The SMILES string of the molecule is [C-]#[N+]c1c(C(F)(F)F)cc(-c2cccc(-c3ccc(C(N)=O)cc3)c2)n(Cc2ccc(C)cc2C)c1=O. The number of aromatic nitrogens is 1. The molecule has 1 aromatic heterocycles. The molecule has 3 aromatic carbocycles. The Morgan fingerprint density at radius 2 is 1.62 bits per heavy atom. The van der Waals surface area contributed by atoms with E-state index in [0.717, 1.165) is 22.8 Å². The largest absolute Gasteiger partial charge is 0.407 e. The van der Waals surface area contributed by atoms with E-state index in [0.29, 0.717) is 22.3 Å². The van der Waals surface area contributed by atoms with Crippen molar-refractivity contribution < 1.29 is 18.0 Å². The number of carbonyl (C=O) groups excluding carboxylic acids is 1. The summed E-state index contributed by atoms with van der Waals surface area (Å²) in [6, 6.07) is 19.7. The standard InChI is InChI=1S/C29H22F3N3O2/c1-17-7-8-23(18(2)13-17)16-35-25(15-24(29(30,31)32)26(34-3)28(35)37)22-6-4-5-21(14-22)19-9-11-20(12-10-19)27(33)36/h4-15H,16H2,1-2H3,(H2,33,36). The maximum atomic E-state index is 13.9. The molecule has 2 N–H and O–H groups in total. The van der Waals surface area contributed by atoms with Crippen molar-refractivity contribution in [1.29, 1.82) is 0 Å². The van der Waals surface area contributed by atoms with E-state index in [9.17, 15) is 22.8 Å². The van der Waals surface area contributed by atoms with Gasteiger partial charge in [0.25, 0.3) is 11.2 Å². The minimum atomic E-state index is -4.88. The number of rotatable bonds is 5. The molecule has 4 aromatic rings. The van der Waals surface area contributed by atoms with Gasteiger partial charge in [0.1, 0.15) is 0 Å². The van der Waals surface area contributed by atoms with Crippen LogP contribution >= 0.6 is 0 Å². The number of amides is 1. The molecular formula is C29H22F3N3O2. The first-order valence-electron chi connectivity index (χ1n) is 11.3. The van der Waals surface area contributed by atoms with E-state index >= 15 is 0 Å². The summed E-state index contributed by atoms with van der Waals surface area (Å²) in [7, 11) is 0. The number of hydrogen-bond acceptors (Lipinski definition) is 2. The van der Waals surface area contributed by atoms with E-state index in [-0.39, 0.29) is 12.2 Å². The van der Waals surface area contributed by atoms with E-state index in [1.165, 1.54) is 4.57 Å². The van der Waals surface area contributed by atoms with Crippen molar-refractivity contribution in [1.82, 2.24) is 4.57 Å². The number of aryl methyl sites for hydroxylation is 2. The average molecular weight is 502 g/mol. The van der Waals surface area contributed by atoms with Crippen molar-refractivity contribution in [3.8, 4) is 22.4 Å². The Morgan fingerprint density at radius 3 is 2.22 bits per heavy atom. The van der Waals surface area contributed by atoms with Crippen LogP contribution in [-0.4, -0.2) is 10.5 Å². The van der Waals surface area contributed by atoms with E-state index in [2.05, 4.69) is 4.85 Å². The van der Waals surface area contributed by atoms with Gasteiger partial charge in [-0.1, -0.05) is 54.1 Å². The normalized spacial score (nSPS) is 11.2. The zero-order valence-electron chi connectivity index (χ0n) is 20.1. The molecule has 1 heterocycles. The van der Waals surface area contributed by atoms with Crippen LogP contribution in [0.4, 0.5) is 18.9 Å². The number of primary amides is 1. The summed E-state index contributed by atoms with van der Waals surface area (Å²) in [5.41, 5.74) is 6.84. The molecule has 0 atom stereocenters. The molecule has 0 bridgehead atoms. The number of nitrogens with two attached hydrogens (primary N) is 1. The maximum Gasteiger partial charge on any atom is 0.407 e. The van der Waals surface area contributed by atoms with Crippen molar-refractivity contribution in [3.05, 3.63) is 122 Å². The molecule has 0 aliphatic carbocycles. The van der Waals surface area contributed by atoms with E-state index in [4.69, 9.17) is 12.3 Å². The zero-order chi connectivity index (χ0) is 26.9. The minimum Gasteiger partial charge on any atom is -0.366 e. The lowest BCUT2D eigenvalue weighted by molar-refractivity contribution is -0.136.